The van der Waals surface area contributed by atoms with Crippen LogP contribution in [0.1, 0.15) is 21.5 Å². The number of hydrogen-bond acceptors (Lipinski definition) is 3. The Morgan fingerprint density at radius 3 is 2.41 bits per heavy atom. The fraction of sp³-hybridized carbons (Fsp3) is 0.0952. The summed E-state index contributed by atoms with van der Waals surface area (Å²) in [7, 11) is 0. The van der Waals surface area contributed by atoms with E-state index < -0.39 is 0 Å². The summed E-state index contributed by atoms with van der Waals surface area (Å²) < 4.78 is 0. The monoisotopic (exact) mass is 377 g/mol. The molecular formula is C21H19N3O2S. The molecule has 3 rings (SSSR count). The Balaban J connectivity index is 1.55. The molecule has 0 aromatic heterocycles. The minimum absolute atomic E-state index is 0.0366. The van der Waals surface area contributed by atoms with E-state index in [1.807, 2.05) is 61.5 Å². The van der Waals surface area contributed by atoms with E-state index in [9.17, 15) is 9.59 Å². The van der Waals surface area contributed by atoms with Crippen LogP contribution in [-0.4, -0.2) is 16.9 Å². The van der Waals surface area contributed by atoms with Gasteiger partial charge >= 0.3 is 0 Å². The number of carbonyl (C=O) groups excluding carboxylic acids is 2. The van der Waals surface area contributed by atoms with Crippen LogP contribution in [0.5, 0.6) is 0 Å². The second-order valence-electron chi connectivity index (χ2n) is 6.09. The van der Waals surface area contributed by atoms with Crippen molar-refractivity contribution in [2.45, 2.75) is 13.3 Å². The summed E-state index contributed by atoms with van der Waals surface area (Å²) in [4.78, 5) is 24.4. The van der Waals surface area contributed by atoms with Crippen LogP contribution in [0.15, 0.2) is 66.7 Å². The largest absolute Gasteiger partial charge is 0.298 e. The summed E-state index contributed by atoms with van der Waals surface area (Å²) in [6, 6.07) is 20.9. The summed E-state index contributed by atoms with van der Waals surface area (Å²) in [5.41, 5.74) is 7.39. The zero-order valence-electron chi connectivity index (χ0n) is 14.8. The van der Waals surface area contributed by atoms with Crippen LogP contribution in [-0.2, 0) is 11.2 Å². The number of nitrogens with one attached hydrogen (secondary N) is 3. The van der Waals surface area contributed by atoms with Gasteiger partial charge in [-0.2, -0.15) is 0 Å². The first-order chi connectivity index (χ1) is 13.0. The molecule has 27 heavy (non-hydrogen) atoms. The van der Waals surface area contributed by atoms with Gasteiger partial charge in [0.2, 0.25) is 5.91 Å². The Hall–Kier alpha value is -3.25. The van der Waals surface area contributed by atoms with Gasteiger partial charge < -0.3 is 0 Å². The maximum Gasteiger partial charge on any atom is 0.257 e. The highest BCUT2D eigenvalue weighted by Gasteiger charge is 2.11. The lowest BCUT2D eigenvalue weighted by molar-refractivity contribution is -0.121. The van der Waals surface area contributed by atoms with Crippen LogP contribution in [0.4, 0.5) is 0 Å². The molecule has 2 amide bonds. The Morgan fingerprint density at radius 1 is 0.889 bits per heavy atom. The molecule has 5 nitrogen and oxygen atoms in total. The van der Waals surface area contributed by atoms with Gasteiger partial charge in [0.05, 0.1) is 6.42 Å². The second-order valence-corrected chi connectivity index (χ2v) is 6.49. The molecule has 3 N–H and O–H groups in total. The van der Waals surface area contributed by atoms with Crippen molar-refractivity contribution < 1.29 is 9.59 Å². The summed E-state index contributed by atoms with van der Waals surface area (Å²) >= 11 is 5.08. The van der Waals surface area contributed by atoms with Crippen molar-refractivity contribution in [2.75, 3.05) is 0 Å². The average Bonchev–Trinajstić information content (AvgIpc) is 2.67. The number of fused-ring (bicyclic) bond motifs is 1. The number of aryl methyl sites for hydroxylation is 1. The van der Waals surface area contributed by atoms with Crippen LogP contribution in [0.25, 0.3) is 10.8 Å². The van der Waals surface area contributed by atoms with E-state index in [2.05, 4.69) is 16.2 Å². The predicted octanol–water partition coefficient (Wildman–Crippen LogP) is 3.03. The fourth-order valence-corrected chi connectivity index (χ4v) is 2.96. The first-order valence-electron chi connectivity index (χ1n) is 8.47. The van der Waals surface area contributed by atoms with Crippen molar-refractivity contribution in [1.29, 1.82) is 0 Å². The lowest BCUT2D eigenvalue weighted by Crippen LogP contribution is -2.49. The zero-order chi connectivity index (χ0) is 19.2. The van der Waals surface area contributed by atoms with Gasteiger partial charge in [0.15, 0.2) is 5.11 Å². The van der Waals surface area contributed by atoms with E-state index in [4.69, 9.17) is 12.2 Å². The molecule has 0 heterocycles. The number of thiocarbonyl (C=S) groups is 1. The molecule has 0 aliphatic rings. The zero-order valence-corrected chi connectivity index (χ0v) is 15.6. The highest BCUT2D eigenvalue weighted by Crippen LogP contribution is 2.18. The molecule has 0 saturated heterocycles. The molecule has 3 aromatic carbocycles. The standard InChI is InChI=1S/C21H19N3O2S/c1-14-7-2-4-11-17(14)20(26)22-21(27)24-23-19(25)13-16-10-6-9-15-8-3-5-12-18(15)16/h2-12H,13H2,1H3,(H,23,25)(H2,22,24,26,27). The van der Waals surface area contributed by atoms with E-state index in [0.29, 0.717) is 5.56 Å². The third-order valence-electron chi connectivity index (χ3n) is 4.16. The molecule has 0 aliphatic carbocycles. The lowest BCUT2D eigenvalue weighted by Gasteiger charge is -2.12. The van der Waals surface area contributed by atoms with Crippen LogP contribution in [0.2, 0.25) is 0 Å². The maximum atomic E-state index is 12.2. The fourth-order valence-electron chi connectivity index (χ4n) is 2.82. The summed E-state index contributed by atoms with van der Waals surface area (Å²) in [6.07, 6.45) is 0.197. The molecular weight excluding hydrogens is 358 g/mol. The van der Waals surface area contributed by atoms with E-state index in [1.54, 1.807) is 12.1 Å². The van der Waals surface area contributed by atoms with Crippen LogP contribution in [0.3, 0.4) is 0 Å². The van der Waals surface area contributed by atoms with Crippen LogP contribution >= 0.6 is 12.2 Å². The quantitative estimate of drug-likeness (QED) is 0.485. The molecule has 0 atom stereocenters. The first-order valence-corrected chi connectivity index (χ1v) is 8.88. The molecule has 136 valence electrons. The predicted molar refractivity (Wildman–Crippen MR) is 110 cm³/mol. The van der Waals surface area contributed by atoms with Crippen molar-refractivity contribution >= 4 is 39.9 Å². The number of rotatable bonds is 3. The number of hydrogen-bond donors (Lipinski definition) is 3. The van der Waals surface area contributed by atoms with Crippen molar-refractivity contribution in [2.24, 2.45) is 0 Å². The normalized spacial score (nSPS) is 10.3. The number of benzene rings is 3. The summed E-state index contributed by atoms with van der Waals surface area (Å²) in [6.45, 7) is 1.84. The van der Waals surface area contributed by atoms with Gasteiger partial charge in [-0.3, -0.25) is 25.8 Å². The van der Waals surface area contributed by atoms with Gasteiger partial charge in [0.1, 0.15) is 0 Å². The number of hydrazine groups is 1. The van der Waals surface area contributed by atoms with Gasteiger partial charge in [-0.15, -0.1) is 0 Å². The minimum Gasteiger partial charge on any atom is -0.298 e. The SMILES string of the molecule is Cc1ccccc1C(=O)NC(=S)NNC(=O)Cc1cccc2ccccc12. The Labute approximate surface area is 162 Å². The minimum atomic E-state index is -0.325. The van der Waals surface area contributed by atoms with Crippen LogP contribution < -0.4 is 16.2 Å². The molecule has 0 aliphatic heterocycles. The third-order valence-corrected chi connectivity index (χ3v) is 4.37. The first kappa shape index (κ1) is 18.5. The van der Waals surface area contributed by atoms with Gasteiger partial charge in [0.25, 0.3) is 5.91 Å². The summed E-state index contributed by atoms with van der Waals surface area (Å²) in [5.74, 6) is -0.576. The Morgan fingerprint density at radius 2 is 1.59 bits per heavy atom. The molecule has 0 radical (unpaired) electrons. The molecule has 0 bridgehead atoms. The smallest absolute Gasteiger partial charge is 0.257 e. The third kappa shape index (κ3) is 4.68. The number of carbonyl (C=O) groups is 2. The molecule has 0 unspecified atom stereocenters. The lowest BCUT2D eigenvalue weighted by atomic mass is 10.0. The number of amides is 2. The van der Waals surface area contributed by atoms with E-state index >= 15 is 0 Å². The molecule has 3 aromatic rings. The van der Waals surface area contributed by atoms with E-state index in [0.717, 1.165) is 21.9 Å². The van der Waals surface area contributed by atoms with Gasteiger partial charge in [-0.1, -0.05) is 60.7 Å². The van der Waals surface area contributed by atoms with Gasteiger partial charge in [-0.05, 0) is 47.1 Å². The molecule has 0 spiro atoms. The van der Waals surface area contributed by atoms with Crippen molar-refractivity contribution in [3.05, 3.63) is 83.4 Å². The summed E-state index contributed by atoms with van der Waals surface area (Å²) in [5, 5.41) is 4.70. The van der Waals surface area contributed by atoms with E-state index in [-0.39, 0.29) is 23.3 Å². The molecule has 6 heteroatoms. The molecule has 0 saturated carbocycles. The Kier molecular flexibility index (Phi) is 5.78. The van der Waals surface area contributed by atoms with Crippen molar-refractivity contribution in [1.82, 2.24) is 16.2 Å². The average molecular weight is 377 g/mol. The second kappa shape index (κ2) is 8.42. The highest BCUT2D eigenvalue weighted by molar-refractivity contribution is 7.80. The maximum absolute atomic E-state index is 12.2. The Bertz CT molecular complexity index is 1010. The van der Waals surface area contributed by atoms with Gasteiger partial charge in [-0.25, -0.2) is 0 Å². The molecule has 0 fully saturated rings. The van der Waals surface area contributed by atoms with Crippen LogP contribution in [0, 0.1) is 6.92 Å². The van der Waals surface area contributed by atoms with Crippen molar-refractivity contribution in [3.63, 3.8) is 0 Å². The highest BCUT2D eigenvalue weighted by atomic mass is 32.1. The topological polar surface area (TPSA) is 70.2 Å². The van der Waals surface area contributed by atoms with Crippen molar-refractivity contribution in [3.8, 4) is 0 Å². The van der Waals surface area contributed by atoms with Gasteiger partial charge in [0, 0.05) is 5.56 Å². The van der Waals surface area contributed by atoms with E-state index in [1.165, 1.54) is 0 Å².